The molecule has 0 aliphatic heterocycles. The Morgan fingerprint density at radius 1 is 1.50 bits per heavy atom. The van der Waals surface area contributed by atoms with Crippen molar-refractivity contribution in [2.45, 2.75) is 6.92 Å². The highest BCUT2D eigenvalue weighted by Gasteiger charge is 2.07. The van der Waals surface area contributed by atoms with E-state index in [0.29, 0.717) is 12.2 Å². The number of rotatable bonds is 4. The minimum Gasteiger partial charge on any atom is -0.398 e. The van der Waals surface area contributed by atoms with Gasteiger partial charge in [0, 0.05) is 34.9 Å². The predicted octanol–water partition coefficient (Wildman–Crippen LogP) is 2.62. The number of nitrogens with one attached hydrogen (secondary N) is 1. The van der Waals surface area contributed by atoms with Gasteiger partial charge >= 0.3 is 0 Å². The van der Waals surface area contributed by atoms with Gasteiger partial charge in [0.25, 0.3) is 0 Å². The van der Waals surface area contributed by atoms with Crippen molar-refractivity contribution in [2.75, 3.05) is 24.2 Å². The number of aliphatic hydroxyl groups excluding tert-OH is 1. The molecule has 0 amide bonds. The molecule has 4 nitrogen and oxygen atoms in total. The summed E-state index contributed by atoms with van der Waals surface area (Å²) in [5, 5.41) is 13.2. The molecule has 2 aromatic rings. The van der Waals surface area contributed by atoms with Crippen molar-refractivity contribution in [3.63, 3.8) is 0 Å². The molecule has 1 heterocycles. The van der Waals surface area contributed by atoms with E-state index in [-0.39, 0.29) is 12.5 Å². The van der Waals surface area contributed by atoms with Crippen molar-refractivity contribution in [3.05, 3.63) is 28.9 Å². The van der Waals surface area contributed by atoms with Crippen LogP contribution in [0.2, 0.25) is 0 Å². The molecule has 1 aromatic heterocycles. The molecular formula is C13H16BrN3O. The molecule has 2 rings (SSSR count). The lowest BCUT2D eigenvalue weighted by Gasteiger charge is -2.13. The number of fused-ring (bicyclic) bond motifs is 1. The smallest absolute Gasteiger partial charge is 0.0954 e. The number of hydrogen-bond donors (Lipinski definition) is 3. The van der Waals surface area contributed by atoms with Gasteiger partial charge < -0.3 is 16.2 Å². The fourth-order valence-corrected chi connectivity index (χ4v) is 2.04. The van der Waals surface area contributed by atoms with Crippen LogP contribution in [0.15, 0.2) is 28.9 Å². The molecule has 1 aromatic carbocycles. The highest BCUT2D eigenvalue weighted by atomic mass is 79.9. The van der Waals surface area contributed by atoms with Crippen molar-refractivity contribution < 1.29 is 5.11 Å². The average molecular weight is 310 g/mol. The molecule has 96 valence electrons. The lowest BCUT2D eigenvalue weighted by Crippen LogP contribution is -2.14. The van der Waals surface area contributed by atoms with Crippen molar-refractivity contribution in [3.8, 4) is 0 Å². The normalized spacial score (nSPS) is 12.6. The molecular weight excluding hydrogens is 294 g/mol. The second-order valence-electron chi connectivity index (χ2n) is 4.42. The lowest BCUT2D eigenvalue weighted by molar-refractivity contribution is 0.244. The van der Waals surface area contributed by atoms with Crippen LogP contribution >= 0.6 is 15.9 Å². The van der Waals surface area contributed by atoms with Gasteiger partial charge in [-0.25, -0.2) is 0 Å². The zero-order valence-electron chi connectivity index (χ0n) is 10.2. The predicted molar refractivity (Wildman–Crippen MR) is 78.6 cm³/mol. The Morgan fingerprint density at radius 2 is 2.28 bits per heavy atom. The van der Waals surface area contributed by atoms with Gasteiger partial charge in [-0.05, 0) is 40.0 Å². The average Bonchev–Trinajstić information content (AvgIpc) is 2.38. The molecule has 0 fully saturated rings. The van der Waals surface area contributed by atoms with E-state index >= 15 is 0 Å². The van der Waals surface area contributed by atoms with E-state index in [1.54, 1.807) is 6.20 Å². The Hall–Kier alpha value is -1.33. The zero-order valence-corrected chi connectivity index (χ0v) is 11.7. The van der Waals surface area contributed by atoms with Crippen molar-refractivity contribution >= 4 is 38.2 Å². The van der Waals surface area contributed by atoms with Crippen LogP contribution in [0.25, 0.3) is 10.9 Å². The quantitative estimate of drug-likeness (QED) is 0.759. The van der Waals surface area contributed by atoms with Gasteiger partial charge in [0.05, 0.1) is 11.2 Å². The molecule has 0 aliphatic rings. The summed E-state index contributed by atoms with van der Waals surface area (Å²) in [6.45, 7) is 2.85. The Morgan fingerprint density at radius 3 is 3.00 bits per heavy atom. The molecule has 0 radical (unpaired) electrons. The summed E-state index contributed by atoms with van der Waals surface area (Å²) in [7, 11) is 0. The molecule has 0 saturated heterocycles. The largest absolute Gasteiger partial charge is 0.398 e. The van der Waals surface area contributed by atoms with Crippen LogP contribution < -0.4 is 11.1 Å². The first-order valence-electron chi connectivity index (χ1n) is 5.80. The number of anilines is 2. The van der Waals surface area contributed by atoms with Gasteiger partial charge in [0.15, 0.2) is 0 Å². The van der Waals surface area contributed by atoms with Gasteiger partial charge in [-0.2, -0.15) is 0 Å². The fourth-order valence-electron chi connectivity index (χ4n) is 1.71. The maximum absolute atomic E-state index is 9.02. The molecule has 4 N–H and O–H groups in total. The van der Waals surface area contributed by atoms with E-state index in [1.165, 1.54) is 0 Å². The number of benzene rings is 1. The number of nitrogen functional groups attached to an aromatic ring is 1. The van der Waals surface area contributed by atoms with Crippen LogP contribution in [0, 0.1) is 5.92 Å². The second-order valence-corrected chi connectivity index (χ2v) is 5.34. The van der Waals surface area contributed by atoms with Crippen LogP contribution in [-0.2, 0) is 0 Å². The van der Waals surface area contributed by atoms with Crippen LogP contribution in [0.1, 0.15) is 6.92 Å². The Kier molecular flexibility index (Phi) is 4.04. The number of nitrogens with zero attached hydrogens (tertiary/aromatic N) is 1. The molecule has 1 unspecified atom stereocenters. The summed E-state index contributed by atoms with van der Waals surface area (Å²) in [6.07, 6.45) is 1.75. The molecule has 18 heavy (non-hydrogen) atoms. The maximum Gasteiger partial charge on any atom is 0.0954 e. The summed E-state index contributed by atoms with van der Waals surface area (Å²) >= 11 is 3.39. The van der Waals surface area contributed by atoms with Crippen molar-refractivity contribution in [2.24, 2.45) is 5.92 Å². The summed E-state index contributed by atoms with van der Waals surface area (Å²) in [5.74, 6) is 0.202. The van der Waals surface area contributed by atoms with E-state index in [2.05, 4.69) is 26.2 Å². The first-order valence-corrected chi connectivity index (χ1v) is 6.59. The topological polar surface area (TPSA) is 71.2 Å². The van der Waals surface area contributed by atoms with Crippen LogP contribution in [-0.4, -0.2) is 23.2 Å². The second kappa shape index (κ2) is 5.54. The van der Waals surface area contributed by atoms with Crippen LogP contribution in [0.3, 0.4) is 0 Å². The van der Waals surface area contributed by atoms with Gasteiger partial charge in [-0.3, -0.25) is 4.98 Å². The van der Waals surface area contributed by atoms with E-state index in [9.17, 15) is 0 Å². The molecule has 0 bridgehead atoms. The Labute approximate surface area is 114 Å². The number of pyridine rings is 1. The lowest BCUT2D eigenvalue weighted by atomic mass is 10.1. The minimum atomic E-state index is 0.166. The summed E-state index contributed by atoms with van der Waals surface area (Å²) in [5.41, 5.74) is 8.44. The molecule has 5 heteroatoms. The third kappa shape index (κ3) is 2.73. The molecule has 0 aliphatic carbocycles. The van der Waals surface area contributed by atoms with Gasteiger partial charge in [-0.15, -0.1) is 0 Å². The third-order valence-electron chi connectivity index (χ3n) is 2.80. The summed E-state index contributed by atoms with van der Waals surface area (Å²) < 4.78 is 0.905. The monoisotopic (exact) mass is 309 g/mol. The van der Waals surface area contributed by atoms with E-state index in [4.69, 9.17) is 10.8 Å². The number of hydrogen-bond acceptors (Lipinski definition) is 4. The van der Waals surface area contributed by atoms with E-state index < -0.39 is 0 Å². The number of aromatic nitrogens is 1. The van der Waals surface area contributed by atoms with E-state index in [1.807, 2.05) is 25.1 Å². The SMILES string of the molecule is CC(CO)CNc1ccc(N)c2cc(Br)cnc12. The molecule has 0 spiro atoms. The standard InChI is InChI=1S/C13H16BrN3O/c1-8(7-18)5-16-12-3-2-11(15)10-4-9(14)6-17-13(10)12/h2-4,6,8,16,18H,5,7,15H2,1H3. The number of aliphatic hydroxyl groups is 1. The first kappa shape index (κ1) is 13.1. The minimum absolute atomic E-state index is 0.166. The Balaban J connectivity index is 2.37. The fraction of sp³-hybridized carbons (Fsp3) is 0.308. The summed E-state index contributed by atoms with van der Waals surface area (Å²) in [6, 6.07) is 5.74. The third-order valence-corrected chi connectivity index (χ3v) is 3.24. The molecule has 1 atom stereocenters. The first-order chi connectivity index (χ1) is 8.61. The van der Waals surface area contributed by atoms with Crippen molar-refractivity contribution in [1.29, 1.82) is 0 Å². The highest BCUT2D eigenvalue weighted by molar-refractivity contribution is 9.10. The van der Waals surface area contributed by atoms with Gasteiger partial charge in [-0.1, -0.05) is 6.92 Å². The van der Waals surface area contributed by atoms with E-state index in [0.717, 1.165) is 21.1 Å². The van der Waals surface area contributed by atoms with Crippen molar-refractivity contribution in [1.82, 2.24) is 4.98 Å². The number of nitrogens with two attached hydrogens (primary N) is 1. The van der Waals surface area contributed by atoms with Gasteiger partial charge in [0.2, 0.25) is 0 Å². The van der Waals surface area contributed by atoms with Crippen LogP contribution in [0.4, 0.5) is 11.4 Å². The van der Waals surface area contributed by atoms with Gasteiger partial charge in [0.1, 0.15) is 0 Å². The highest BCUT2D eigenvalue weighted by Crippen LogP contribution is 2.28. The molecule has 0 saturated carbocycles. The zero-order chi connectivity index (χ0) is 13.1. The Bertz CT molecular complexity index is 559. The number of halogens is 1. The maximum atomic E-state index is 9.02. The summed E-state index contributed by atoms with van der Waals surface area (Å²) in [4.78, 5) is 4.39. The van der Waals surface area contributed by atoms with Crippen LogP contribution in [0.5, 0.6) is 0 Å².